The number of carbonyl (C=O) groups excluding carboxylic acids is 3. The summed E-state index contributed by atoms with van der Waals surface area (Å²) in [6.45, 7) is 11.9. The summed E-state index contributed by atoms with van der Waals surface area (Å²) >= 11 is 1.59. The fraction of sp³-hybridized carbons (Fsp3) is 0.528. The monoisotopic (exact) mass is 957 g/mol. The number of hydrogen-bond donors (Lipinski definition) is 5. The molecule has 6 N–H and O–H groups in total. The van der Waals surface area contributed by atoms with Gasteiger partial charge in [0.15, 0.2) is 5.82 Å². The first kappa shape index (κ1) is 48.3. The summed E-state index contributed by atoms with van der Waals surface area (Å²) < 4.78 is 2.09. The highest BCUT2D eigenvalue weighted by Gasteiger charge is 2.46. The first-order chi connectivity index (χ1) is 33.1. The van der Waals surface area contributed by atoms with E-state index in [1.807, 2.05) is 88.8 Å². The van der Waals surface area contributed by atoms with Crippen molar-refractivity contribution < 1.29 is 24.6 Å². The van der Waals surface area contributed by atoms with Crippen molar-refractivity contribution in [2.45, 2.75) is 142 Å². The average Bonchev–Trinajstić information content (AvgIpc) is 4.11. The number of piperidine rings is 1. The fourth-order valence-electron chi connectivity index (χ4n) is 11.5. The van der Waals surface area contributed by atoms with E-state index in [0.717, 1.165) is 84.4 Å². The molecule has 16 heteroatoms. The number of β-amino-alcohol motifs (C(OH)–C–C–N with tert-alkyl or cyclic N) is 1. The summed E-state index contributed by atoms with van der Waals surface area (Å²) in [6, 6.07) is 15.7. The van der Waals surface area contributed by atoms with Gasteiger partial charge in [-0.2, -0.15) is 5.10 Å². The Morgan fingerprint density at radius 2 is 1.58 bits per heavy atom. The first-order valence-corrected chi connectivity index (χ1v) is 25.7. The van der Waals surface area contributed by atoms with Gasteiger partial charge in [-0.15, -0.1) is 21.5 Å². The Kier molecular flexibility index (Phi) is 14.0. The molecule has 4 atom stereocenters. The summed E-state index contributed by atoms with van der Waals surface area (Å²) in [6.07, 6.45) is 13.5. The Bertz CT molecular complexity index is 2620. The van der Waals surface area contributed by atoms with E-state index in [-0.39, 0.29) is 48.4 Å². The number of carbonyl (C=O) groups is 3. The highest BCUT2D eigenvalue weighted by molar-refractivity contribution is 7.13. The van der Waals surface area contributed by atoms with Crippen molar-refractivity contribution in [2.24, 2.45) is 16.7 Å². The van der Waals surface area contributed by atoms with Crippen molar-refractivity contribution in [1.29, 1.82) is 0 Å². The molecule has 0 radical (unpaired) electrons. The van der Waals surface area contributed by atoms with Crippen LogP contribution in [0, 0.1) is 23.7 Å². The molecule has 4 unspecified atom stereocenters. The molecule has 5 aromatic rings. The van der Waals surface area contributed by atoms with Crippen molar-refractivity contribution in [2.75, 3.05) is 25.4 Å². The van der Waals surface area contributed by atoms with E-state index < -0.39 is 23.6 Å². The van der Waals surface area contributed by atoms with Gasteiger partial charge in [-0.3, -0.25) is 19.1 Å². The summed E-state index contributed by atoms with van der Waals surface area (Å²) in [5.74, 6) is -0.484. The van der Waals surface area contributed by atoms with E-state index in [1.54, 1.807) is 23.5 Å². The molecular formula is C53H68N10O5S. The van der Waals surface area contributed by atoms with Crippen LogP contribution in [0.25, 0.3) is 32.8 Å². The van der Waals surface area contributed by atoms with Crippen molar-refractivity contribution in [1.82, 2.24) is 45.4 Å². The van der Waals surface area contributed by atoms with Crippen LogP contribution >= 0.6 is 11.3 Å². The van der Waals surface area contributed by atoms with Crippen LogP contribution in [0.5, 0.6) is 5.75 Å². The zero-order chi connectivity index (χ0) is 48.6. The van der Waals surface area contributed by atoms with Crippen molar-refractivity contribution in [3.63, 3.8) is 0 Å². The third kappa shape index (κ3) is 10.4. The van der Waals surface area contributed by atoms with Crippen molar-refractivity contribution >= 4 is 34.9 Å². The smallest absolute Gasteiger partial charge is 0.246 e. The number of aliphatic hydroxyl groups excluding tert-OH is 1. The molecule has 1 spiro atoms. The molecule has 4 aliphatic rings. The van der Waals surface area contributed by atoms with E-state index in [9.17, 15) is 24.6 Å². The van der Waals surface area contributed by atoms with E-state index in [4.69, 9.17) is 10.8 Å². The normalized spacial score (nSPS) is 23.1. The predicted octanol–water partition coefficient (Wildman–Crippen LogP) is 7.85. The van der Waals surface area contributed by atoms with Gasteiger partial charge in [-0.05, 0) is 131 Å². The molecule has 15 nitrogen and oxygen atoms in total. The summed E-state index contributed by atoms with van der Waals surface area (Å²) in [4.78, 5) is 51.8. The summed E-state index contributed by atoms with van der Waals surface area (Å²) in [7, 11) is 0. The number of phenolic OH excluding ortho intramolecular Hbond substituents is 1. The molecule has 69 heavy (non-hydrogen) atoms. The number of aromatic nitrogens is 5. The minimum absolute atomic E-state index is 0.0377. The lowest BCUT2D eigenvalue weighted by Gasteiger charge is -2.48. The molecule has 2 aliphatic carbocycles. The van der Waals surface area contributed by atoms with Gasteiger partial charge in [0.2, 0.25) is 17.7 Å². The number of nitrogens with zero attached hydrogens (tertiary/aromatic N) is 7. The number of aryl methyl sites for hydroxylation is 1. The molecule has 366 valence electrons. The van der Waals surface area contributed by atoms with Crippen LogP contribution in [0.1, 0.15) is 122 Å². The molecule has 2 aliphatic heterocycles. The lowest BCUT2D eigenvalue weighted by Crippen LogP contribution is -2.58. The molecule has 5 heterocycles. The van der Waals surface area contributed by atoms with E-state index in [0.29, 0.717) is 34.6 Å². The topological polar surface area (TPSA) is 205 Å². The molecule has 0 bridgehead atoms. The maximum atomic E-state index is 14.4. The number of likely N-dealkylation sites (tertiary alicyclic amines) is 2. The van der Waals surface area contributed by atoms with Gasteiger partial charge in [0.25, 0.3) is 0 Å². The molecule has 9 rings (SSSR count). The Hall–Kier alpha value is -5.71. The molecule has 4 fully saturated rings. The number of para-hydroxylation sites is 1. The van der Waals surface area contributed by atoms with Gasteiger partial charge in [0.1, 0.15) is 17.8 Å². The number of amides is 3. The number of benzene rings is 2. The van der Waals surface area contributed by atoms with Gasteiger partial charge >= 0.3 is 0 Å². The van der Waals surface area contributed by atoms with Crippen LogP contribution < -0.4 is 16.4 Å². The van der Waals surface area contributed by atoms with Crippen LogP contribution in [0.4, 0.5) is 5.82 Å². The zero-order valence-corrected chi connectivity index (χ0v) is 41.4. The number of aromatic hydroxyl groups is 1. The van der Waals surface area contributed by atoms with E-state index >= 15 is 0 Å². The minimum atomic E-state index is -0.853. The van der Waals surface area contributed by atoms with E-state index in [1.165, 1.54) is 30.6 Å². The number of nitrogens with one attached hydrogen (secondary N) is 2. The number of nitrogens with two attached hydrogens (primary N) is 1. The number of anilines is 1. The van der Waals surface area contributed by atoms with Crippen molar-refractivity contribution in [3.05, 3.63) is 83.8 Å². The third-order valence-electron chi connectivity index (χ3n) is 15.8. The van der Waals surface area contributed by atoms with Gasteiger partial charge in [0, 0.05) is 47.8 Å². The van der Waals surface area contributed by atoms with Crippen molar-refractivity contribution in [3.8, 4) is 38.6 Å². The predicted molar refractivity (Wildman–Crippen MR) is 268 cm³/mol. The maximum absolute atomic E-state index is 14.4. The largest absolute Gasteiger partial charge is 0.507 e. The third-order valence-corrected chi connectivity index (χ3v) is 16.8. The first-order valence-electron chi connectivity index (χ1n) is 24.9. The second-order valence-corrected chi connectivity index (χ2v) is 22.2. The molecule has 3 aromatic heterocycles. The molecular weight excluding hydrogens is 889 g/mol. The molecule has 2 saturated heterocycles. The maximum Gasteiger partial charge on any atom is 0.246 e. The molecule has 2 saturated carbocycles. The summed E-state index contributed by atoms with van der Waals surface area (Å²) in [5, 5.41) is 40.6. The van der Waals surface area contributed by atoms with Crippen LogP contribution in [0.15, 0.2) is 72.5 Å². The minimum Gasteiger partial charge on any atom is -0.507 e. The number of thiazole rings is 1. The Morgan fingerprint density at radius 3 is 2.25 bits per heavy atom. The SMILES string of the molecule is Cc1ncsc1-c1ccc(C(C)NC(=O)C2CC(O)CN2C(=O)C(NC(=O)C2CCC(N3CCC4(CCC(n5cc(-c6cc(-c7ccccc7O)nnc6N)cn5)CC4)CC3)CC2)C(C)(C)C)cc1. The Balaban J connectivity index is 0.742. The second kappa shape index (κ2) is 20.0. The van der Waals surface area contributed by atoms with E-state index in [2.05, 4.69) is 41.6 Å². The quantitative estimate of drug-likeness (QED) is 0.0862. The van der Waals surface area contributed by atoms with Crippen LogP contribution in [-0.2, 0) is 14.4 Å². The van der Waals surface area contributed by atoms with Gasteiger partial charge < -0.3 is 36.4 Å². The lowest BCUT2D eigenvalue weighted by molar-refractivity contribution is -0.145. The fourth-order valence-corrected chi connectivity index (χ4v) is 12.3. The standard InChI is InChI=1S/C53H68N10O5S/c1-32(34-10-12-35(13-11-34)46-33(2)55-31-69-46)57-50(67)44-26-40(64)30-62(44)51(68)47(52(3,4)5)58-49(66)36-14-16-38(17-15-36)61-24-22-53(23-25-61)20-18-39(19-21-53)63-29-37(28-56-63)42-27-43(59-60-48(42)54)41-8-6-7-9-45(41)65/h6-13,27-29,31-32,36,38-40,44,47,64-65H,14-26,30H2,1-5H3,(H2,54,60)(H,57,67)(H,58,66). The van der Waals surface area contributed by atoms with Crippen LogP contribution in [0.3, 0.4) is 0 Å². The lowest BCUT2D eigenvalue weighted by atomic mass is 9.66. The summed E-state index contributed by atoms with van der Waals surface area (Å²) in [5.41, 5.74) is 13.6. The number of phenols is 1. The molecule has 3 amide bonds. The zero-order valence-electron chi connectivity index (χ0n) is 40.6. The molecule has 2 aromatic carbocycles. The highest BCUT2D eigenvalue weighted by atomic mass is 32.1. The van der Waals surface area contributed by atoms with Crippen LogP contribution in [-0.4, -0.2) is 107 Å². The van der Waals surface area contributed by atoms with Gasteiger partial charge in [-0.1, -0.05) is 57.2 Å². The number of rotatable bonds is 11. The number of nitrogen functional groups attached to an aromatic ring is 1. The average molecular weight is 957 g/mol. The Labute approximate surface area is 409 Å². The highest BCUT2D eigenvalue weighted by Crippen LogP contribution is 2.48. The van der Waals surface area contributed by atoms with Crippen LogP contribution in [0.2, 0.25) is 0 Å². The Morgan fingerprint density at radius 1 is 0.870 bits per heavy atom. The van der Waals surface area contributed by atoms with Gasteiger partial charge in [0.05, 0.1) is 46.2 Å². The van der Waals surface area contributed by atoms with Gasteiger partial charge in [-0.25, -0.2) is 4.98 Å². The number of hydrogen-bond acceptors (Lipinski definition) is 12. The second-order valence-electron chi connectivity index (χ2n) is 21.3. The number of aliphatic hydroxyl groups is 1.